The predicted octanol–water partition coefficient (Wildman–Crippen LogP) is 5.38. The second-order valence-corrected chi connectivity index (χ2v) is 11.1. The third-order valence-corrected chi connectivity index (χ3v) is 7.50. The van der Waals surface area contributed by atoms with E-state index in [0.717, 1.165) is 17.2 Å². The van der Waals surface area contributed by atoms with E-state index in [4.69, 9.17) is 34.8 Å². The Morgan fingerprint density at radius 3 is 2.11 bits per heavy atom. The van der Waals surface area contributed by atoms with Crippen molar-refractivity contribution in [2.75, 3.05) is 23.7 Å². The minimum atomic E-state index is -4.79. The van der Waals surface area contributed by atoms with Crippen LogP contribution in [-0.4, -0.2) is 50.5 Å². The summed E-state index contributed by atoms with van der Waals surface area (Å²) >= 11 is 18.6. The second-order valence-electron chi connectivity index (χ2n) is 7.97. The molecule has 0 saturated heterocycles. The average Bonchev–Trinajstić information content (AvgIpc) is 2.78. The van der Waals surface area contributed by atoms with E-state index in [2.05, 4.69) is 5.32 Å². The average molecular weight is 603 g/mol. The summed E-state index contributed by atoms with van der Waals surface area (Å²) in [4.78, 5) is 27.5. The van der Waals surface area contributed by atoms with Gasteiger partial charge in [-0.3, -0.25) is 13.9 Å². The lowest BCUT2D eigenvalue weighted by atomic mass is 10.1. The fraction of sp³-hybridized carbons (Fsp3) is 0.391. The summed E-state index contributed by atoms with van der Waals surface area (Å²) in [6.45, 7) is 2.40. The molecule has 0 saturated carbocycles. The summed E-state index contributed by atoms with van der Waals surface area (Å²) < 4.78 is 65.7. The number of rotatable bonds is 10. The maximum Gasteiger partial charge on any atom is 0.416 e. The summed E-state index contributed by atoms with van der Waals surface area (Å²) in [5, 5.41) is 2.71. The summed E-state index contributed by atoms with van der Waals surface area (Å²) in [5.41, 5.74) is -1.37. The van der Waals surface area contributed by atoms with Crippen LogP contribution in [0.15, 0.2) is 36.4 Å². The molecule has 0 aliphatic carbocycles. The van der Waals surface area contributed by atoms with E-state index in [1.165, 1.54) is 12.1 Å². The Balaban J connectivity index is 2.59. The fourth-order valence-electron chi connectivity index (χ4n) is 3.54. The Kier molecular flexibility index (Phi) is 10.5. The van der Waals surface area contributed by atoms with E-state index in [0.29, 0.717) is 22.0 Å². The van der Waals surface area contributed by atoms with Gasteiger partial charge in [0, 0.05) is 28.7 Å². The van der Waals surface area contributed by atoms with Crippen molar-refractivity contribution in [2.45, 2.75) is 39.0 Å². The molecular weight excluding hydrogens is 578 g/mol. The topological polar surface area (TPSA) is 86.8 Å². The Labute approximate surface area is 228 Å². The van der Waals surface area contributed by atoms with Gasteiger partial charge in [0.05, 0.1) is 22.5 Å². The lowest BCUT2D eigenvalue weighted by molar-refractivity contribution is -0.140. The molecule has 2 amide bonds. The summed E-state index contributed by atoms with van der Waals surface area (Å²) in [6, 6.07) is 5.73. The highest BCUT2D eigenvalue weighted by Gasteiger charge is 2.35. The Morgan fingerprint density at radius 1 is 1.03 bits per heavy atom. The van der Waals surface area contributed by atoms with Crippen LogP contribution in [0.2, 0.25) is 15.1 Å². The number of hydrogen-bond acceptors (Lipinski definition) is 4. The first-order chi connectivity index (χ1) is 17.1. The van der Waals surface area contributed by atoms with Gasteiger partial charge in [-0.1, -0.05) is 47.8 Å². The molecule has 0 aromatic heterocycles. The maximum absolute atomic E-state index is 13.6. The molecule has 0 bridgehead atoms. The van der Waals surface area contributed by atoms with E-state index in [9.17, 15) is 31.2 Å². The third kappa shape index (κ3) is 7.89. The zero-order valence-corrected chi connectivity index (χ0v) is 23.2. The fourth-order valence-corrected chi connectivity index (χ4v) is 5.18. The molecule has 14 heteroatoms. The third-order valence-electron chi connectivity index (χ3n) is 5.35. The van der Waals surface area contributed by atoms with E-state index in [-0.39, 0.29) is 34.6 Å². The van der Waals surface area contributed by atoms with Gasteiger partial charge in [-0.05, 0) is 43.7 Å². The monoisotopic (exact) mass is 601 g/mol. The molecule has 0 fully saturated rings. The Hall–Kier alpha value is -2.21. The number of halogens is 6. The van der Waals surface area contributed by atoms with Crippen molar-refractivity contribution in [1.29, 1.82) is 0 Å². The van der Waals surface area contributed by atoms with Gasteiger partial charge in [0.25, 0.3) is 0 Å². The van der Waals surface area contributed by atoms with E-state index < -0.39 is 51.9 Å². The quantitative estimate of drug-likeness (QED) is 0.396. The van der Waals surface area contributed by atoms with Crippen molar-refractivity contribution < 1.29 is 31.2 Å². The van der Waals surface area contributed by atoms with Crippen molar-refractivity contribution in [2.24, 2.45) is 0 Å². The minimum absolute atomic E-state index is 0.142. The molecule has 2 aromatic carbocycles. The molecule has 0 radical (unpaired) electrons. The number of hydrogen-bond donors (Lipinski definition) is 1. The van der Waals surface area contributed by atoms with Crippen LogP contribution in [-0.2, 0) is 32.3 Å². The van der Waals surface area contributed by atoms with Gasteiger partial charge in [-0.25, -0.2) is 8.42 Å². The van der Waals surface area contributed by atoms with Crippen molar-refractivity contribution in [3.05, 3.63) is 62.6 Å². The molecule has 0 unspecified atom stereocenters. The molecule has 0 aliphatic heterocycles. The molecule has 1 atom stereocenters. The van der Waals surface area contributed by atoms with Crippen LogP contribution in [0.4, 0.5) is 18.9 Å². The number of carbonyl (C=O) groups excluding carboxylic acids is 2. The van der Waals surface area contributed by atoms with E-state index >= 15 is 0 Å². The number of nitrogens with one attached hydrogen (secondary N) is 1. The molecule has 0 spiro atoms. The number of nitrogens with zero attached hydrogens (tertiary/aromatic N) is 2. The largest absolute Gasteiger partial charge is 0.416 e. The SMILES string of the molecule is CCNC(=O)[C@@H](CC)N(Cc1c(Cl)cccc1Cl)C(=O)CN(c1cc(C(F)(F)F)ccc1Cl)S(C)(=O)=O. The number of likely N-dealkylation sites (N-methyl/N-ethyl adjacent to an activating group) is 1. The van der Waals surface area contributed by atoms with Gasteiger partial charge in [-0.2, -0.15) is 13.2 Å². The number of amides is 2. The minimum Gasteiger partial charge on any atom is -0.355 e. The molecule has 2 aromatic rings. The van der Waals surface area contributed by atoms with Crippen molar-refractivity contribution in [3.63, 3.8) is 0 Å². The molecule has 2 rings (SSSR count). The van der Waals surface area contributed by atoms with Gasteiger partial charge in [0.2, 0.25) is 21.8 Å². The van der Waals surface area contributed by atoms with Crippen LogP contribution in [0, 0.1) is 0 Å². The van der Waals surface area contributed by atoms with E-state index in [1.54, 1.807) is 19.9 Å². The molecule has 204 valence electrons. The molecule has 0 aliphatic rings. The smallest absolute Gasteiger partial charge is 0.355 e. The predicted molar refractivity (Wildman–Crippen MR) is 138 cm³/mol. The number of carbonyl (C=O) groups is 2. The van der Waals surface area contributed by atoms with Crippen LogP contribution in [0.3, 0.4) is 0 Å². The summed E-state index contributed by atoms with van der Waals surface area (Å²) in [6.07, 6.45) is -3.92. The van der Waals surface area contributed by atoms with Gasteiger partial charge in [-0.15, -0.1) is 0 Å². The highest BCUT2D eigenvalue weighted by molar-refractivity contribution is 7.92. The lowest BCUT2D eigenvalue weighted by Crippen LogP contribution is -2.52. The molecule has 1 N–H and O–H groups in total. The van der Waals surface area contributed by atoms with Crippen LogP contribution in [0.1, 0.15) is 31.4 Å². The lowest BCUT2D eigenvalue weighted by Gasteiger charge is -2.33. The zero-order chi connectivity index (χ0) is 28.1. The van der Waals surface area contributed by atoms with Crippen molar-refractivity contribution in [3.8, 4) is 0 Å². The van der Waals surface area contributed by atoms with Crippen molar-refractivity contribution in [1.82, 2.24) is 10.2 Å². The number of sulfonamides is 1. The molecule has 7 nitrogen and oxygen atoms in total. The Bertz CT molecular complexity index is 1240. The van der Waals surface area contributed by atoms with Crippen LogP contribution in [0.5, 0.6) is 0 Å². The zero-order valence-electron chi connectivity index (χ0n) is 20.1. The van der Waals surface area contributed by atoms with Gasteiger partial charge < -0.3 is 10.2 Å². The number of benzene rings is 2. The first-order valence-electron chi connectivity index (χ1n) is 11.0. The number of alkyl halides is 3. The normalized spacial score (nSPS) is 12.7. The first-order valence-corrected chi connectivity index (χ1v) is 13.9. The Morgan fingerprint density at radius 2 is 1.62 bits per heavy atom. The highest BCUT2D eigenvalue weighted by Crippen LogP contribution is 2.36. The molecule has 37 heavy (non-hydrogen) atoms. The summed E-state index contributed by atoms with van der Waals surface area (Å²) in [7, 11) is -4.30. The summed E-state index contributed by atoms with van der Waals surface area (Å²) in [5.74, 6) is -1.39. The standard InChI is InChI=1S/C23H25Cl3F3N3O4S/c1-4-19(22(34)30-5-2)31(12-15-16(24)7-6-8-17(15)25)21(33)13-32(37(3,35)36)20-11-14(23(27,28)29)9-10-18(20)26/h6-11,19H,4-5,12-13H2,1-3H3,(H,30,34)/t19-/m1/s1. The first kappa shape index (κ1) is 31.0. The molecule has 0 heterocycles. The maximum atomic E-state index is 13.6. The van der Waals surface area contributed by atoms with Gasteiger partial charge in [0.1, 0.15) is 12.6 Å². The second kappa shape index (κ2) is 12.6. The highest BCUT2D eigenvalue weighted by atomic mass is 35.5. The van der Waals surface area contributed by atoms with Gasteiger partial charge in [0.15, 0.2) is 0 Å². The van der Waals surface area contributed by atoms with Crippen molar-refractivity contribution >= 4 is 62.3 Å². The van der Waals surface area contributed by atoms with E-state index in [1.807, 2.05) is 0 Å². The van der Waals surface area contributed by atoms with Crippen LogP contribution < -0.4 is 9.62 Å². The van der Waals surface area contributed by atoms with Crippen LogP contribution >= 0.6 is 34.8 Å². The van der Waals surface area contributed by atoms with Crippen LogP contribution in [0.25, 0.3) is 0 Å². The molecular formula is C23H25Cl3F3N3O4S. The van der Waals surface area contributed by atoms with Gasteiger partial charge >= 0.3 is 6.18 Å². The number of anilines is 1.